The van der Waals surface area contributed by atoms with Crippen molar-refractivity contribution in [2.24, 2.45) is 0 Å². The number of carbonyl (C=O) groups excluding carboxylic acids is 2. The molecule has 1 aromatic rings. The molecule has 0 aliphatic carbocycles. The highest BCUT2D eigenvalue weighted by atomic mass is 16.2. The Labute approximate surface area is 167 Å². The van der Waals surface area contributed by atoms with Gasteiger partial charge >= 0.3 is 0 Å². The molecule has 3 heterocycles. The number of hydrogen-bond acceptors (Lipinski definition) is 4. The van der Waals surface area contributed by atoms with Gasteiger partial charge < -0.3 is 15.5 Å². The number of anilines is 1. The SMILES string of the molecule is O=C1CC2(CCN(C(=O)CN3CCCCC3)CC2)Nc2ccccc2CCN1. The molecule has 1 spiro atoms. The van der Waals surface area contributed by atoms with Gasteiger partial charge in [0, 0.05) is 37.3 Å². The molecule has 0 bridgehead atoms. The Balaban J connectivity index is 1.42. The lowest BCUT2D eigenvalue weighted by Gasteiger charge is -2.43. The second kappa shape index (κ2) is 8.52. The first-order valence-electron chi connectivity index (χ1n) is 10.8. The van der Waals surface area contributed by atoms with Crippen molar-refractivity contribution in [1.29, 1.82) is 0 Å². The highest BCUT2D eigenvalue weighted by Gasteiger charge is 2.38. The third-order valence-electron chi connectivity index (χ3n) is 6.51. The van der Waals surface area contributed by atoms with Crippen molar-refractivity contribution in [3.05, 3.63) is 29.8 Å². The van der Waals surface area contributed by atoms with Crippen LogP contribution in [0.3, 0.4) is 0 Å². The molecule has 6 heteroatoms. The van der Waals surface area contributed by atoms with E-state index in [4.69, 9.17) is 0 Å². The molecule has 0 unspecified atom stereocenters. The summed E-state index contributed by atoms with van der Waals surface area (Å²) in [6.45, 7) is 4.74. The van der Waals surface area contributed by atoms with E-state index >= 15 is 0 Å². The molecule has 2 saturated heterocycles. The molecule has 152 valence electrons. The Morgan fingerprint density at radius 3 is 2.57 bits per heavy atom. The van der Waals surface area contributed by atoms with Crippen molar-refractivity contribution in [3.63, 3.8) is 0 Å². The van der Waals surface area contributed by atoms with Crippen LogP contribution in [0.4, 0.5) is 5.69 Å². The highest BCUT2D eigenvalue weighted by molar-refractivity contribution is 5.80. The topological polar surface area (TPSA) is 64.7 Å². The predicted molar refractivity (Wildman–Crippen MR) is 110 cm³/mol. The minimum atomic E-state index is -0.271. The molecule has 2 fully saturated rings. The lowest BCUT2D eigenvalue weighted by Crippen LogP contribution is -2.54. The minimum absolute atomic E-state index is 0.105. The van der Waals surface area contributed by atoms with E-state index in [1.807, 2.05) is 11.0 Å². The second-order valence-electron chi connectivity index (χ2n) is 8.56. The smallest absolute Gasteiger partial charge is 0.236 e. The molecular weight excluding hydrogens is 352 g/mol. The van der Waals surface area contributed by atoms with E-state index in [9.17, 15) is 9.59 Å². The number of likely N-dealkylation sites (tertiary alicyclic amines) is 2. The van der Waals surface area contributed by atoms with Crippen LogP contribution >= 0.6 is 0 Å². The monoisotopic (exact) mass is 384 g/mol. The zero-order valence-electron chi connectivity index (χ0n) is 16.7. The molecule has 3 aliphatic heterocycles. The molecule has 2 amide bonds. The molecule has 0 saturated carbocycles. The molecule has 4 rings (SSSR count). The van der Waals surface area contributed by atoms with Crippen LogP contribution in [0.25, 0.3) is 0 Å². The van der Waals surface area contributed by atoms with Crippen LogP contribution in [0, 0.1) is 0 Å². The van der Waals surface area contributed by atoms with Crippen molar-refractivity contribution in [2.45, 2.75) is 50.5 Å². The van der Waals surface area contributed by atoms with Gasteiger partial charge in [-0.1, -0.05) is 24.6 Å². The zero-order valence-corrected chi connectivity index (χ0v) is 16.7. The Morgan fingerprint density at radius 2 is 1.79 bits per heavy atom. The van der Waals surface area contributed by atoms with E-state index < -0.39 is 0 Å². The fourth-order valence-electron chi connectivity index (χ4n) is 4.79. The van der Waals surface area contributed by atoms with E-state index in [1.54, 1.807) is 0 Å². The van der Waals surface area contributed by atoms with E-state index in [1.165, 1.54) is 24.8 Å². The Morgan fingerprint density at radius 1 is 1.04 bits per heavy atom. The minimum Gasteiger partial charge on any atom is -0.379 e. The number of nitrogens with one attached hydrogen (secondary N) is 2. The summed E-state index contributed by atoms with van der Waals surface area (Å²) in [6, 6.07) is 8.34. The van der Waals surface area contributed by atoms with E-state index in [0.717, 1.165) is 51.1 Å². The third-order valence-corrected chi connectivity index (χ3v) is 6.51. The summed E-state index contributed by atoms with van der Waals surface area (Å²) in [6.07, 6.45) is 6.61. The third kappa shape index (κ3) is 4.49. The molecule has 3 aliphatic rings. The van der Waals surface area contributed by atoms with Gasteiger partial charge in [0.15, 0.2) is 0 Å². The van der Waals surface area contributed by atoms with Crippen molar-refractivity contribution in [3.8, 4) is 0 Å². The Hall–Kier alpha value is -2.08. The number of hydrogen-bond donors (Lipinski definition) is 2. The largest absolute Gasteiger partial charge is 0.379 e. The van der Waals surface area contributed by atoms with Crippen LogP contribution in [0.2, 0.25) is 0 Å². The Bertz CT molecular complexity index is 706. The Kier molecular flexibility index (Phi) is 5.85. The number of para-hydroxylation sites is 1. The molecule has 0 radical (unpaired) electrons. The van der Waals surface area contributed by atoms with Gasteiger partial charge in [0.05, 0.1) is 6.54 Å². The van der Waals surface area contributed by atoms with Crippen molar-refractivity contribution in [2.75, 3.05) is 44.6 Å². The number of fused-ring (bicyclic) bond motifs is 1. The molecule has 0 atom stereocenters. The predicted octanol–water partition coefficient (Wildman–Crippen LogP) is 2.01. The summed E-state index contributed by atoms with van der Waals surface area (Å²) in [7, 11) is 0. The fraction of sp³-hybridized carbons (Fsp3) is 0.636. The maximum absolute atomic E-state index is 12.8. The van der Waals surface area contributed by atoms with Gasteiger partial charge in [-0.3, -0.25) is 14.5 Å². The van der Waals surface area contributed by atoms with Crippen molar-refractivity contribution in [1.82, 2.24) is 15.1 Å². The van der Waals surface area contributed by atoms with Crippen LogP contribution < -0.4 is 10.6 Å². The number of carbonyl (C=O) groups is 2. The van der Waals surface area contributed by atoms with Crippen molar-refractivity contribution < 1.29 is 9.59 Å². The lowest BCUT2D eigenvalue weighted by atomic mass is 9.83. The summed E-state index contributed by atoms with van der Waals surface area (Å²) >= 11 is 0. The molecule has 0 aromatic heterocycles. The van der Waals surface area contributed by atoms with Gasteiger partial charge in [0.1, 0.15) is 0 Å². The first-order valence-corrected chi connectivity index (χ1v) is 10.8. The van der Waals surface area contributed by atoms with Crippen LogP contribution in [0.15, 0.2) is 24.3 Å². The zero-order chi connectivity index (χ0) is 19.4. The number of benzene rings is 1. The number of nitrogens with zero attached hydrogens (tertiary/aromatic N) is 2. The molecule has 6 nitrogen and oxygen atoms in total. The van der Waals surface area contributed by atoms with Gasteiger partial charge in [-0.25, -0.2) is 0 Å². The van der Waals surface area contributed by atoms with E-state index in [2.05, 4.69) is 33.7 Å². The highest BCUT2D eigenvalue weighted by Crippen LogP contribution is 2.32. The summed E-state index contributed by atoms with van der Waals surface area (Å²) in [4.78, 5) is 29.5. The average molecular weight is 385 g/mol. The molecular formula is C22H32N4O2. The lowest BCUT2D eigenvalue weighted by molar-refractivity contribution is -0.134. The molecule has 1 aromatic carbocycles. The normalized spacial score (nSPS) is 23.0. The number of rotatable bonds is 2. The number of amides is 2. The summed E-state index contributed by atoms with van der Waals surface area (Å²) in [5.74, 6) is 0.345. The number of piperidine rings is 2. The van der Waals surface area contributed by atoms with Gasteiger partial charge in [-0.15, -0.1) is 0 Å². The van der Waals surface area contributed by atoms with Crippen LogP contribution in [0.5, 0.6) is 0 Å². The van der Waals surface area contributed by atoms with Gasteiger partial charge in [-0.05, 0) is 56.8 Å². The summed E-state index contributed by atoms with van der Waals surface area (Å²) < 4.78 is 0. The maximum atomic E-state index is 12.8. The van der Waals surface area contributed by atoms with Crippen LogP contribution in [-0.4, -0.2) is 66.4 Å². The van der Waals surface area contributed by atoms with Gasteiger partial charge in [0.25, 0.3) is 0 Å². The van der Waals surface area contributed by atoms with E-state index in [-0.39, 0.29) is 17.4 Å². The quantitative estimate of drug-likeness (QED) is 0.819. The van der Waals surface area contributed by atoms with Gasteiger partial charge in [-0.2, -0.15) is 0 Å². The summed E-state index contributed by atoms with van der Waals surface area (Å²) in [5.41, 5.74) is 2.10. The van der Waals surface area contributed by atoms with Gasteiger partial charge in [0.2, 0.25) is 11.8 Å². The first kappa shape index (κ1) is 19.2. The first-order chi connectivity index (χ1) is 13.6. The second-order valence-corrected chi connectivity index (χ2v) is 8.56. The molecule has 2 N–H and O–H groups in total. The summed E-state index contributed by atoms with van der Waals surface area (Å²) in [5, 5.41) is 6.78. The van der Waals surface area contributed by atoms with E-state index in [0.29, 0.717) is 19.5 Å². The van der Waals surface area contributed by atoms with Crippen LogP contribution in [-0.2, 0) is 16.0 Å². The van der Waals surface area contributed by atoms with Crippen molar-refractivity contribution >= 4 is 17.5 Å². The maximum Gasteiger partial charge on any atom is 0.236 e. The standard InChI is InChI=1S/C22H32N4O2/c27-20-16-22(24-19-7-3-2-6-18(19)8-11-23-20)9-14-26(15-10-22)21(28)17-25-12-4-1-5-13-25/h2-3,6-7,24H,1,4-5,8-17H2,(H,23,27). The molecule has 28 heavy (non-hydrogen) atoms. The fourth-order valence-corrected chi connectivity index (χ4v) is 4.79. The average Bonchev–Trinajstić information content (AvgIpc) is 2.76. The van der Waals surface area contributed by atoms with Crippen LogP contribution in [0.1, 0.15) is 44.1 Å².